The minimum Gasteiger partial charge on any atom is -0.482 e. The van der Waals surface area contributed by atoms with Crippen LogP contribution in [0.5, 0.6) is 5.75 Å². The largest absolute Gasteiger partial charge is 0.482 e. The van der Waals surface area contributed by atoms with Gasteiger partial charge in [0, 0.05) is 12.0 Å². The van der Waals surface area contributed by atoms with E-state index in [0.29, 0.717) is 17.7 Å². The minimum atomic E-state index is -0.433. The van der Waals surface area contributed by atoms with Crippen LogP contribution in [0.1, 0.15) is 29.3 Å². The summed E-state index contributed by atoms with van der Waals surface area (Å²) in [6.45, 7) is 1.89. The Morgan fingerprint density at radius 1 is 0.955 bits per heavy atom. The number of carbonyl (C=O) groups excluding carboxylic acids is 2. The molecule has 22 heavy (non-hydrogen) atoms. The van der Waals surface area contributed by atoms with Crippen molar-refractivity contribution >= 4 is 11.8 Å². The first-order valence-corrected chi connectivity index (χ1v) is 7.14. The van der Waals surface area contributed by atoms with Gasteiger partial charge in [0.05, 0.1) is 0 Å². The molecule has 0 aliphatic rings. The monoisotopic (exact) mass is 298 g/mol. The zero-order valence-corrected chi connectivity index (χ0v) is 12.5. The molecule has 0 atom stereocenters. The van der Waals surface area contributed by atoms with Crippen molar-refractivity contribution in [2.24, 2.45) is 0 Å². The number of ether oxygens (including phenoxy) is 2. The van der Waals surface area contributed by atoms with Crippen molar-refractivity contribution in [2.45, 2.75) is 20.0 Å². The van der Waals surface area contributed by atoms with Gasteiger partial charge < -0.3 is 9.47 Å². The first-order chi connectivity index (χ1) is 10.7. The van der Waals surface area contributed by atoms with Crippen LogP contribution in [0.4, 0.5) is 0 Å². The molecule has 0 unspecified atom stereocenters. The quantitative estimate of drug-likeness (QED) is 0.580. The third-order valence-corrected chi connectivity index (χ3v) is 3.10. The van der Waals surface area contributed by atoms with Gasteiger partial charge in [-0.2, -0.15) is 0 Å². The molecule has 4 heteroatoms. The van der Waals surface area contributed by atoms with Crippen LogP contribution in [0.25, 0.3) is 0 Å². The molecule has 0 saturated heterocycles. The Bertz CT molecular complexity index is 617. The highest BCUT2D eigenvalue weighted by Gasteiger charge is 2.06. The molecule has 0 aliphatic carbocycles. The molecular formula is C18H18O4. The Morgan fingerprint density at radius 2 is 1.64 bits per heavy atom. The van der Waals surface area contributed by atoms with E-state index in [4.69, 9.17) is 9.47 Å². The summed E-state index contributed by atoms with van der Waals surface area (Å²) in [5, 5.41) is 0. The molecule has 0 fully saturated rings. The lowest BCUT2D eigenvalue weighted by Crippen LogP contribution is -2.14. The fourth-order valence-corrected chi connectivity index (χ4v) is 1.86. The number of ketones is 1. The van der Waals surface area contributed by atoms with Gasteiger partial charge in [-0.3, -0.25) is 4.79 Å². The van der Waals surface area contributed by atoms with Crippen molar-refractivity contribution in [3.8, 4) is 5.75 Å². The molecule has 2 rings (SSSR count). The van der Waals surface area contributed by atoms with Crippen LogP contribution < -0.4 is 4.74 Å². The van der Waals surface area contributed by atoms with Crippen molar-refractivity contribution in [2.75, 3.05) is 6.61 Å². The highest BCUT2D eigenvalue weighted by molar-refractivity contribution is 5.95. The average Bonchev–Trinajstić information content (AvgIpc) is 2.58. The highest BCUT2D eigenvalue weighted by atomic mass is 16.6. The van der Waals surface area contributed by atoms with Gasteiger partial charge >= 0.3 is 5.97 Å². The summed E-state index contributed by atoms with van der Waals surface area (Å²) in [6.07, 6.45) is 0.464. The Labute approximate surface area is 129 Å². The van der Waals surface area contributed by atoms with E-state index in [2.05, 4.69) is 0 Å². The first kappa shape index (κ1) is 15.8. The zero-order chi connectivity index (χ0) is 15.8. The molecule has 114 valence electrons. The van der Waals surface area contributed by atoms with Gasteiger partial charge in [0.2, 0.25) is 0 Å². The molecule has 0 saturated carbocycles. The van der Waals surface area contributed by atoms with Crippen molar-refractivity contribution in [3.05, 3.63) is 65.7 Å². The normalized spacial score (nSPS) is 10.0. The lowest BCUT2D eigenvalue weighted by Gasteiger charge is -2.07. The second kappa shape index (κ2) is 7.98. The Morgan fingerprint density at radius 3 is 2.27 bits per heavy atom. The van der Waals surface area contributed by atoms with E-state index < -0.39 is 5.97 Å². The number of Topliss-reactive ketones (excluding diaryl/α,β-unsaturated/α-hetero) is 1. The van der Waals surface area contributed by atoms with E-state index in [9.17, 15) is 9.59 Å². The molecule has 0 heterocycles. The summed E-state index contributed by atoms with van der Waals surface area (Å²) in [5.41, 5.74) is 1.57. The number of carbonyl (C=O) groups is 2. The van der Waals surface area contributed by atoms with Gasteiger partial charge in [-0.1, -0.05) is 37.3 Å². The van der Waals surface area contributed by atoms with Crippen LogP contribution in [-0.4, -0.2) is 18.4 Å². The van der Waals surface area contributed by atoms with Gasteiger partial charge in [-0.15, -0.1) is 0 Å². The lowest BCUT2D eigenvalue weighted by atomic mass is 10.1. The summed E-state index contributed by atoms with van der Waals surface area (Å²) >= 11 is 0. The first-order valence-electron chi connectivity index (χ1n) is 7.14. The summed E-state index contributed by atoms with van der Waals surface area (Å²) in [7, 11) is 0. The average molecular weight is 298 g/mol. The number of benzene rings is 2. The molecule has 0 radical (unpaired) electrons. The maximum atomic E-state index is 11.6. The predicted molar refractivity (Wildman–Crippen MR) is 82.8 cm³/mol. The number of rotatable bonds is 7. The second-order valence-electron chi connectivity index (χ2n) is 4.74. The molecule has 2 aromatic rings. The maximum Gasteiger partial charge on any atom is 0.344 e. The van der Waals surface area contributed by atoms with E-state index in [-0.39, 0.29) is 19.0 Å². The molecule has 2 aromatic carbocycles. The molecule has 0 amide bonds. The van der Waals surface area contributed by atoms with Crippen LogP contribution in [0, 0.1) is 0 Å². The van der Waals surface area contributed by atoms with Gasteiger partial charge in [0.15, 0.2) is 12.4 Å². The predicted octanol–water partition coefficient (Wildman–Crippen LogP) is 3.40. The number of esters is 1. The van der Waals surface area contributed by atoms with Gasteiger partial charge in [0.1, 0.15) is 12.4 Å². The summed E-state index contributed by atoms with van der Waals surface area (Å²) < 4.78 is 10.4. The second-order valence-corrected chi connectivity index (χ2v) is 4.74. The molecule has 0 aliphatic heterocycles. The van der Waals surface area contributed by atoms with E-state index in [1.54, 1.807) is 24.3 Å². The molecule has 4 nitrogen and oxygen atoms in total. The molecule has 0 bridgehead atoms. The molecule has 0 N–H and O–H groups in total. The van der Waals surface area contributed by atoms with Crippen molar-refractivity contribution < 1.29 is 19.1 Å². The van der Waals surface area contributed by atoms with E-state index in [1.807, 2.05) is 37.3 Å². The Kier molecular flexibility index (Phi) is 5.72. The van der Waals surface area contributed by atoms with Crippen molar-refractivity contribution in [1.82, 2.24) is 0 Å². The number of hydrogen-bond acceptors (Lipinski definition) is 4. The molecule has 0 spiro atoms. The van der Waals surface area contributed by atoms with Crippen LogP contribution in [-0.2, 0) is 16.1 Å². The van der Waals surface area contributed by atoms with Crippen molar-refractivity contribution in [1.29, 1.82) is 0 Å². The fourth-order valence-electron chi connectivity index (χ4n) is 1.86. The molecular weight excluding hydrogens is 280 g/mol. The van der Waals surface area contributed by atoms with Gasteiger partial charge in [-0.05, 0) is 29.8 Å². The standard InChI is InChI=1S/C18H18O4/c1-2-17(19)15-8-10-16(11-9-15)21-13-18(20)22-12-14-6-4-3-5-7-14/h3-11H,2,12-13H2,1H3. The van der Waals surface area contributed by atoms with Crippen LogP contribution in [0.3, 0.4) is 0 Å². The number of hydrogen-bond donors (Lipinski definition) is 0. The van der Waals surface area contributed by atoms with Crippen LogP contribution in [0.15, 0.2) is 54.6 Å². The van der Waals surface area contributed by atoms with Gasteiger partial charge in [0.25, 0.3) is 0 Å². The minimum absolute atomic E-state index is 0.0776. The van der Waals surface area contributed by atoms with E-state index in [0.717, 1.165) is 5.56 Å². The highest BCUT2D eigenvalue weighted by Crippen LogP contribution is 2.13. The Hall–Kier alpha value is -2.62. The third-order valence-electron chi connectivity index (χ3n) is 3.10. The van der Waals surface area contributed by atoms with Crippen LogP contribution >= 0.6 is 0 Å². The summed E-state index contributed by atoms with van der Waals surface area (Å²) in [5.74, 6) is 0.177. The maximum absolute atomic E-state index is 11.6. The topological polar surface area (TPSA) is 52.6 Å². The van der Waals surface area contributed by atoms with Crippen LogP contribution in [0.2, 0.25) is 0 Å². The summed E-state index contributed by atoms with van der Waals surface area (Å²) in [4.78, 5) is 23.1. The smallest absolute Gasteiger partial charge is 0.344 e. The third kappa shape index (κ3) is 4.74. The van der Waals surface area contributed by atoms with Gasteiger partial charge in [-0.25, -0.2) is 4.79 Å². The molecule has 0 aromatic heterocycles. The van der Waals surface area contributed by atoms with Crippen molar-refractivity contribution in [3.63, 3.8) is 0 Å². The summed E-state index contributed by atoms with van der Waals surface area (Å²) in [6, 6.07) is 16.2. The van der Waals surface area contributed by atoms with E-state index >= 15 is 0 Å². The zero-order valence-electron chi connectivity index (χ0n) is 12.5. The lowest BCUT2D eigenvalue weighted by molar-refractivity contribution is -0.147. The Balaban J connectivity index is 1.77. The fraction of sp³-hybridized carbons (Fsp3) is 0.222. The van der Waals surface area contributed by atoms with E-state index in [1.165, 1.54) is 0 Å². The SMILES string of the molecule is CCC(=O)c1ccc(OCC(=O)OCc2ccccc2)cc1.